The lowest BCUT2D eigenvalue weighted by Crippen LogP contribution is -2.42. The van der Waals surface area contributed by atoms with Crippen molar-refractivity contribution in [2.45, 2.75) is 31.0 Å². The van der Waals surface area contributed by atoms with E-state index in [9.17, 15) is 13.2 Å². The van der Waals surface area contributed by atoms with E-state index in [4.69, 9.17) is 5.73 Å². The van der Waals surface area contributed by atoms with Crippen LogP contribution in [0.3, 0.4) is 0 Å². The molecule has 3 rings (SSSR count). The van der Waals surface area contributed by atoms with Crippen LogP contribution in [0.25, 0.3) is 5.52 Å². The Morgan fingerprint density at radius 1 is 1.32 bits per heavy atom. The first kappa shape index (κ1) is 19.7. The molecular weight excluding hydrogens is 364 g/mol. The van der Waals surface area contributed by atoms with Gasteiger partial charge in [0.1, 0.15) is 0 Å². The summed E-state index contributed by atoms with van der Waals surface area (Å²) in [6, 6.07) is 5.31. The molecule has 0 spiro atoms. The number of carbonyl (C=O) groups excluding carboxylic acids is 1. The van der Waals surface area contributed by atoms with Crippen molar-refractivity contribution in [3.8, 4) is 0 Å². The van der Waals surface area contributed by atoms with E-state index in [1.54, 1.807) is 29.3 Å². The Hall–Kier alpha value is -1.64. The molecule has 0 aromatic carbocycles. The second kappa shape index (κ2) is 7.31. The molecule has 0 aliphatic carbocycles. The number of pyridine rings is 1. The predicted molar refractivity (Wildman–Crippen MR) is 97.8 cm³/mol. The molecule has 2 aromatic rings. The van der Waals surface area contributed by atoms with Crippen LogP contribution in [0, 0.1) is 5.92 Å². The zero-order valence-corrected chi connectivity index (χ0v) is 15.9. The maximum atomic E-state index is 12.9. The number of halogens is 1. The molecule has 1 unspecified atom stereocenters. The Morgan fingerprint density at radius 3 is 2.52 bits per heavy atom. The summed E-state index contributed by atoms with van der Waals surface area (Å²) in [6.07, 6.45) is 4.41. The highest BCUT2D eigenvalue weighted by atomic mass is 35.5. The molecule has 1 aliphatic heterocycles. The van der Waals surface area contributed by atoms with E-state index in [0.29, 0.717) is 24.5 Å². The summed E-state index contributed by atoms with van der Waals surface area (Å²) in [5.74, 6) is 0.191. The van der Waals surface area contributed by atoms with Gasteiger partial charge in [-0.1, -0.05) is 6.07 Å². The highest BCUT2D eigenvalue weighted by Crippen LogP contribution is 2.23. The number of aromatic nitrogens is 2. The summed E-state index contributed by atoms with van der Waals surface area (Å²) in [7, 11) is -3.53. The fourth-order valence-corrected chi connectivity index (χ4v) is 3.98. The summed E-state index contributed by atoms with van der Waals surface area (Å²) in [5.41, 5.74) is 6.64. The first-order chi connectivity index (χ1) is 11.3. The predicted octanol–water partition coefficient (Wildman–Crippen LogP) is 1.36. The van der Waals surface area contributed by atoms with Crippen LogP contribution in [0.15, 0.2) is 29.6 Å². The number of piperidine rings is 1. The minimum Gasteiger partial charge on any atom is -0.337 e. The monoisotopic (exact) mass is 386 g/mol. The van der Waals surface area contributed by atoms with E-state index >= 15 is 0 Å². The summed E-state index contributed by atoms with van der Waals surface area (Å²) in [5, 5.41) is -0.105. The van der Waals surface area contributed by atoms with Crippen molar-refractivity contribution < 1.29 is 13.2 Å². The van der Waals surface area contributed by atoms with Crippen LogP contribution in [0.5, 0.6) is 0 Å². The molecule has 2 N–H and O–H groups in total. The first-order valence-electron chi connectivity index (χ1n) is 8.01. The number of hydrogen-bond donors (Lipinski definition) is 1. The first-order valence-corrected chi connectivity index (χ1v) is 9.90. The minimum atomic E-state index is -3.53. The Morgan fingerprint density at radius 2 is 1.96 bits per heavy atom. The van der Waals surface area contributed by atoms with Crippen LogP contribution in [0.2, 0.25) is 0 Å². The molecule has 3 heterocycles. The van der Waals surface area contributed by atoms with Gasteiger partial charge in [0.15, 0.2) is 5.69 Å². The zero-order chi connectivity index (χ0) is 17.5. The average molecular weight is 387 g/mol. The topological polar surface area (TPSA) is 97.8 Å². The number of rotatable bonds is 3. The molecule has 0 radical (unpaired) electrons. The molecule has 1 saturated heterocycles. The Labute approximate surface area is 153 Å². The fraction of sp³-hybridized carbons (Fsp3) is 0.500. The summed E-state index contributed by atoms with van der Waals surface area (Å²) in [4.78, 5) is 18.7. The van der Waals surface area contributed by atoms with Gasteiger partial charge in [-0.05, 0) is 37.8 Å². The van der Waals surface area contributed by atoms with E-state index in [-0.39, 0.29) is 35.2 Å². The lowest BCUT2D eigenvalue weighted by Gasteiger charge is -2.33. The molecule has 2 aromatic heterocycles. The molecule has 0 saturated carbocycles. The van der Waals surface area contributed by atoms with Gasteiger partial charge in [0.2, 0.25) is 15.0 Å². The molecular formula is C16H23ClN4O3S. The van der Waals surface area contributed by atoms with Gasteiger partial charge in [0.05, 0.1) is 5.52 Å². The van der Waals surface area contributed by atoms with Crippen LogP contribution in [-0.4, -0.2) is 54.0 Å². The number of hydrogen-bond acceptors (Lipinski definition) is 5. The van der Waals surface area contributed by atoms with Crippen LogP contribution in [0.1, 0.15) is 30.3 Å². The van der Waals surface area contributed by atoms with Gasteiger partial charge in [-0.25, -0.2) is 13.4 Å². The standard InChI is InChI=1S/C16H22N4O3S.ClH/c1-11(17)12-6-9-19(10-7-12)15(21)14-13-5-3-4-8-20(13)16(18-14)24(2,22)23;/h3-5,8,11-12H,6-7,9-10,17H2,1-2H3;1H. The van der Waals surface area contributed by atoms with E-state index in [0.717, 1.165) is 19.1 Å². The van der Waals surface area contributed by atoms with Gasteiger partial charge in [-0.2, -0.15) is 0 Å². The minimum absolute atomic E-state index is 0. The van der Waals surface area contributed by atoms with Crippen molar-refractivity contribution in [2.75, 3.05) is 19.3 Å². The SMILES string of the molecule is CC(N)C1CCN(C(=O)c2nc(S(C)(=O)=O)n3ccccc23)CC1.Cl. The van der Waals surface area contributed by atoms with E-state index in [2.05, 4.69) is 4.98 Å². The van der Waals surface area contributed by atoms with Crippen molar-refractivity contribution >= 4 is 33.7 Å². The van der Waals surface area contributed by atoms with Gasteiger partial charge in [0.25, 0.3) is 5.91 Å². The van der Waals surface area contributed by atoms with Gasteiger partial charge < -0.3 is 10.6 Å². The number of nitrogens with zero attached hydrogens (tertiary/aromatic N) is 3. The molecule has 1 fully saturated rings. The van der Waals surface area contributed by atoms with Crippen LogP contribution in [0.4, 0.5) is 0 Å². The number of imidazole rings is 1. The fourth-order valence-electron chi connectivity index (χ4n) is 3.21. The van der Waals surface area contributed by atoms with E-state index < -0.39 is 9.84 Å². The smallest absolute Gasteiger partial charge is 0.274 e. The van der Waals surface area contributed by atoms with Crippen LogP contribution >= 0.6 is 12.4 Å². The number of likely N-dealkylation sites (tertiary alicyclic amines) is 1. The van der Waals surface area contributed by atoms with Crippen molar-refractivity contribution in [3.63, 3.8) is 0 Å². The third kappa shape index (κ3) is 3.80. The Kier molecular flexibility index (Phi) is 5.75. The summed E-state index contributed by atoms with van der Waals surface area (Å²) >= 11 is 0. The average Bonchev–Trinajstić information content (AvgIpc) is 2.94. The van der Waals surface area contributed by atoms with Crippen molar-refractivity contribution in [2.24, 2.45) is 11.7 Å². The number of nitrogens with two attached hydrogens (primary N) is 1. The van der Waals surface area contributed by atoms with Crippen molar-refractivity contribution in [3.05, 3.63) is 30.1 Å². The Bertz CT molecular complexity index is 871. The normalized spacial score (nSPS) is 17.3. The molecule has 7 nitrogen and oxygen atoms in total. The lowest BCUT2D eigenvalue weighted by atomic mass is 9.91. The molecule has 1 amide bonds. The third-order valence-electron chi connectivity index (χ3n) is 4.62. The quantitative estimate of drug-likeness (QED) is 0.858. The van der Waals surface area contributed by atoms with Gasteiger partial charge in [-0.3, -0.25) is 9.20 Å². The number of fused-ring (bicyclic) bond motifs is 1. The second-order valence-electron chi connectivity index (χ2n) is 6.46. The van der Waals surface area contributed by atoms with Crippen LogP contribution in [-0.2, 0) is 9.84 Å². The summed E-state index contributed by atoms with van der Waals surface area (Å²) in [6.45, 7) is 3.22. The van der Waals surface area contributed by atoms with Crippen molar-refractivity contribution in [1.29, 1.82) is 0 Å². The molecule has 138 valence electrons. The van der Waals surface area contributed by atoms with Crippen LogP contribution < -0.4 is 5.73 Å². The molecule has 9 heteroatoms. The van der Waals surface area contributed by atoms with Gasteiger partial charge in [-0.15, -0.1) is 12.4 Å². The third-order valence-corrected chi connectivity index (χ3v) is 5.57. The maximum Gasteiger partial charge on any atom is 0.274 e. The number of carbonyl (C=O) groups is 1. The molecule has 1 aliphatic rings. The molecule has 1 atom stereocenters. The summed E-state index contributed by atoms with van der Waals surface area (Å²) < 4.78 is 25.4. The highest BCUT2D eigenvalue weighted by Gasteiger charge is 2.29. The lowest BCUT2D eigenvalue weighted by molar-refractivity contribution is 0.0677. The number of sulfone groups is 1. The van der Waals surface area contributed by atoms with E-state index in [1.165, 1.54) is 4.40 Å². The van der Waals surface area contributed by atoms with Crippen molar-refractivity contribution in [1.82, 2.24) is 14.3 Å². The van der Waals surface area contributed by atoms with E-state index in [1.807, 2.05) is 6.92 Å². The van der Waals surface area contributed by atoms with Gasteiger partial charge >= 0.3 is 0 Å². The molecule has 0 bridgehead atoms. The largest absolute Gasteiger partial charge is 0.337 e. The Balaban J connectivity index is 0.00000225. The van der Waals surface area contributed by atoms with Gasteiger partial charge in [0, 0.05) is 31.6 Å². The highest BCUT2D eigenvalue weighted by molar-refractivity contribution is 7.90. The number of amides is 1. The second-order valence-corrected chi connectivity index (χ2v) is 8.37. The molecule has 25 heavy (non-hydrogen) atoms. The maximum absolute atomic E-state index is 12.9. The zero-order valence-electron chi connectivity index (χ0n) is 14.3.